The molecule has 6 nitrogen and oxygen atoms in total. The first kappa shape index (κ1) is 22.8. The molecule has 0 spiro atoms. The number of anilines is 1. The number of urea groups is 1. The van der Waals surface area contributed by atoms with Gasteiger partial charge in [-0.2, -0.15) is 0 Å². The van der Waals surface area contributed by atoms with Crippen molar-refractivity contribution in [2.75, 3.05) is 38.7 Å². The van der Waals surface area contributed by atoms with Crippen molar-refractivity contribution in [3.63, 3.8) is 0 Å². The van der Waals surface area contributed by atoms with Gasteiger partial charge >= 0.3 is 6.03 Å². The summed E-state index contributed by atoms with van der Waals surface area (Å²) in [6.45, 7) is 4.73. The summed E-state index contributed by atoms with van der Waals surface area (Å²) >= 11 is 0. The Bertz CT molecular complexity index is 867. The molecule has 2 aromatic rings. The molecule has 0 aliphatic carbocycles. The van der Waals surface area contributed by atoms with E-state index in [-0.39, 0.29) is 17.9 Å². The van der Waals surface area contributed by atoms with E-state index in [1.54, 1.807) is 7.11 Å². The summed E-state index contributed by atoms with van der Waals surface area (Å²) in [7, 11) is 1.65. The summed E-state index contributed by atoms with van der Waals surface area (Å²) in [6, 6.07) is 15.7. The summed E-state index contributed by atoms with van der Waals surface area (Å²) in [5, 5.41) is 5.94. The number of nitrogens with zero attached hydrogens (tertiary/aromatic N) is 1. The zero-order valence-corrected chi connectivity index (χ0v) is 18.5. The van der Waals surface area contributed by atoms with Crippen LogP contribution in [-0.2, 0) is 11.2 Å². The Labute approximate surface area is 185 Å². The molecule has 1 unspecified atom stereocenters. The zero-order valence-electron chi connectivity index (χ0n) is 18.5. The molecular weight excluding hydrogens is 390 g/mol. The molecule has 1 atom stereocenters. The van der Waals surface area contributed by atoms with Crippen LogP contribution in [0.25, 0.3) is 0 Å². The van der Waals surface area contributed by atoms with Gasteiger partial charge in [0.15, 0.2) is 0 Å². The third-order valence-electron chi connectivity index (χ3n) is 5.75. The highest BCUT2D eigenvalue weighted by Gasteiger charge is 2.25. The van der Waals surface area contributed by atoms with Gasteiger partial charge in [-0.15, -0.1) is 0 Å². The Hall–Kier alpha value is -2.86. The number of hydrogen-bond acceptors (Lipinski definition) is 3. The van der Waals surface area contributed by atoms with E-state index >= 15 is 0 Å². The first-order valence-corrected chi connectivity index (χ1v) is 11.1. The highest BCUT2D eigenvalue weighted by Crippen LogP contribution is 2.28. The average Bonchev–Trinajstić information content (AvgIpc) is 2.82. The van der Waals surface area contributed by atoms with Crippen molar-refractivity contribution in [1.82, 2.24) is 10.2 Å². The van der Waals surface area contributed by atoms with Crippen LogP contribution in [0.4, 0.5) is 10.5 Å². The number of likely N-dealkylation sites (tertiary alicyclic amines) is 1. The topological polar surface area (TPSA) is 70.7 Å². The van der Waals surface area contributed by atoms with Crippen LogP contribution in [0.5, 0.6) is 0 Å². The predicted octanol–water partition coefficient (Wildman–Crippen LogP) is 4.43. The fraction of sp³-hybridized carbons (Fsp3) is 0.440. The number of methoxy groups -OCH3 is 1. The molecule has 1 aliphatic rings. The molecule has 0 aromatic heterocycles. The third-order valence-corrected chi connectivity index (χ3v) is 5.75. The molecule has 31 heavy (non-hydrogen) atoms. The van der Waals surface area contributed by atoms with Crippen molar-refractivity contribution in [2.45, 2.75) is 38.5 Å². The van der Waals surface area contributed by atoms with E-state index in [0.29, 0.717) is 25.3 Å². The standard InChI is InChI=1S/C25H33N3O3/c1-3-19-10-12-23(13-11-19)27-25(30)28-15-5-9-22(18-28)20-7-4-8-21(17-20)24(29)26-14-6-16-31-2/h4,7-8,10-13,17,22H,3,5-6,9,14-16,18H2,1-2H3,(H,26,29)(H,27,30). The van der Waals surface area contributed by atoms with Gasteiger partial charge in [-0.05, 0) is 61.1 Å². The molecule has 0 radical (unpaired) electrons. The molecule has 6 heteroatoms. The van der Waals surface area contributed by atoms with Crippen LogP contribution in [0, 0.1) is 0 Å². The quantitative estimate of drug-likeness (QED) is 0.617. The highest BCUT2D eigenvalue weighted by atomic mass is 16.5. The Morgan fingerprint density at radius 1 is 1.16 bits per heavy atom. The van der Waals surface area contributed by atoms with Crippen LogP contribution in [-0.4, -0.2) is 50.2 Å². The van der Waals surface area contributed by atoms with Crippen molar-refractivity contribution < 1.29 is 14.3 Å². The number of carbonyl (C=O) groups excluding carboxylic acids is 2. The Balaban J connectivity index is 1.59. The van der Waals surface area contributed by atoms with Gasteiger partial charge in [0.25, 0.3) is 5.91 Å². The Morgan fingerprint density at radius 3 is 2.71 bits per heavy atom. The second-order valence-electron chi connectivity index (χ2n) is 7.99. The number of carbonyl (C=O) groups is 2. The van der Waals surface area contributed by atoms with Crippen LogP contribution < -0.4 is 10.6 Å². The van der Waals surface area contributed by atoms with Gasteiger partial charge in [0.1, 0.15) is 0 Å². The SMILES string of the molecule is CCc1ccc(NC(=O)N2CCCC(c3cccc(C(=O)NCCCOC)c3)C2)cc1. The molecule has 1 fully saturated rings. The van der Waals surface area contributed by atoms with Gasteiger partial charge in [-0.25, -0.2) is 4.79 Å². The molecule has 2 aromatic carbocycles. The van der Waals surface area contributed by atoms with E-state index in [0.717, 1.165) is 43.5 Å². The molecule has 166 valence electrons. The van der Waals surface area contributed by atoms with Gasteiger partial charge in [-0.3, -0.25) is 4.79 Å². The number of ether oxygens (including phenoxy) is 1. The summed E-state index contributed by atoms with van der Waals surface area (Å²) in [5.74, 6) is 0.155. The lowest BCUT2D eigenvalue weighted by Gasteiger charge is -2.33. The van der Waals surface area contributed by atoms with Crippen molar-refractivity contribution in [1.29, 1.82) is 0 Å². The summed E-state index contributed by atoms with van der Waals surface area (Å²) in [5.41, 5.74) is 3.83. The van der Waals surface area contributed by atoms with Crippen LogP contribution in [0.3, 0.4) is 0 Å². The number of benzene rings is 2. The minimum Gasteiger partial charge on any atom is -0.385 e. The summed E-state index contributed by atoms with van der Waals surface area (Å²) in [4.78, 5) is 27.1. The monoisotopic (exact) mass is 423 g/mol. The maximum Gasteiger partial charge on any atom is 0.321 e. The molecular formula is C25H33N3O3. The van der Waals surface area contributed by atoms with Crippen molar-refractivity contribution in [3.8, 4) is 0 Å². The smallest absolute Gasteiger partial charge is 0.321 e. The van der Waals surface area contributed by atoms with E-state index in [2.05, 4.69) is 23.6 Å². The number of hydrogen-bond donors (Lipinski definition) is 2. The lowest BCUT2D eigenvalue weighted by atomic mass is 9.89. The predicted molar refractivity (Wildman–Crippen MR) is 124 cm³/mol. The summed E-state index contributed by atoms with van der Waals surface area (Å²) < 4.78 is 5.02. The van der Waals surface area contributed by atoms with E-state index in [1.165, 1.54) is 5.56 Å². The Kier molecular flexibility index (Phi) is 8.47. The molecule has 1 aliphatic heterocycles. The number of rotatable bonds is 8. The average molecular weight is 424 g/mol. The van der Waals surface area contributed by atoms with Gasteiger partial charge in [0.05, 0.1) is 0 Å². The third kappa shape index (κ3) is 6.56. The molecule has 3 amide bonds. The van der Waals surface area contributed by atoms with E-state index in [9.17, 15) is 9.59 Å². The molecule has 0 bridgehead atoms. The van der Waals surface area contributed by atoms with Gasteiger partial charge in [0.2, 0.25) is 0 Å². The van der Waals surface area contributed by atoms with Gasteiger partial charge < -0.3 is 20.3 Å². The molecule has 2 N–H and O–H groups in total. The fourth-order valence-corrected chi connectivity index (χ4v) is 3.91. The minimum atomic E-state index is -0.0705. The molecule has 0 saturated carbocycles. The number of aryl methyl sites for hydroxylation is 1. The highest BCUT2D eigenvalue weighted by molar-refractivity contribution is 5.94. The first-order valence-electron chi connectivity index (χ1n) is 11.1. The normalized spacial score (nSPS) is 16.1. The molecule has 3 rings (SSSR count). The van der Waals surface area contributed by atoms with E-state index in [4.69, 9.17) is 4.74 Å². The first-order chi connectivity index (χ1) is 15.1. The number of amides is 3. The molecule has 1 heterocycles. The van der Waals surface area contributed by atoms with E-state index in [1.807, 2.05) is 47.4 Å². The van der Waals surface area contributed by atoms with E-state index < -0.39 is 0 Å². The van der Waals surface area contributed by atoms with Crippen molar-refractivity contribution in [3.05, 3.63) is 65.2 Å². The van der Waals surface area contributed by atoms with Crippen LogP contribution in [0.15, 0.2) is 48.5 Å². The zero-order chi connectivity index (χ0) is 22.1. The Morgan fingerprint density at radius 2 is 1.97 bits per heavy atom. The van der Waals surface area contributed by atoms with Gasteiger partial charge in [-0.1, -0.05) is 31.2 Å². The molecule has 1 saturated heterocycles. The van der Waals surface area contributed by atoms with Gasteiger partial charge in [0, 0.05) is 50.5 Å². The maximum absolute atomic E-state index is 12.8. The van der Waals surface area contributed by atoms with Crippen LogP contribution >= 0.6 is 0 Å². The minimum absolute atomic E-state index is 0.0685. The number of nitrogens with one attached hydrogen (secondary N) is 2. The summed E-state index contributed by atoms with van der Waals surface area (Å²) in [6.07, 6.45) is 3.72. The van der Waals surface area contributed by atoms with Crippen molar-refractivity contribution >= 4 is 17.6 Å². The lowest BCUT2D eigenvalue weighted by molar-refractivity contribution is 0.0948. The van der Waals surface area contributed by atoms with Crippen LogP contribution in [0.2, 0.25) is 0 Å². The second-order valence-corrected chi connectivity index (χ2v) is 7.99. The number of piperidine rings is 1. The maximum atomic E-state index is 12.8. The van der Waals surface area contributed by atoms with Crippen molar-refractivity contribution in [2.24, 2.45) is 0 Å². The van der Waals surface area contributed by atoms with Crippen LogP contribution in [0.1, 0.15) is 53.6 Å². The lowest BCUT2D eigenvalue weighted by Crippen LogP contribution is -2.41. The largest absolute Gasteiger partial charge is 0.385 e. The second kappa shape index (κ2) is 11.5. The fourth-order valence-electron chi connectivity index (χ4n) is 3.91.